The number of thiophene rings is 1. The van der Waals surface area contributed by atoms with Crippen LogP contribution in [-0.2, 0) is 4.79 Å². The van der Waals surface area contributed by atoms with Crippen LogP contribution in [0, 0.1) is 11.3 Å². The summed E-state index contributed by atoms with van der Waals surface area (Å²) in [6.07, 6.45) is 0.716. The highest BCUT2D eigenvalue weighted by atomic mass is 32.1. The molecule has 1 N–H and O–H groups in total. The summed E-state index contributed by atoms with van der Waals surface area (Å²) < 4.78 is 0. The first kappa shape index (κ1) is 15.0. The smallest absolute Gasteiger partial charge is 0.245 e. The highest BCUT2D eigenvalue weighted by Gasteiger charge is 2.37. The van der Waals surface area contributed by atoms with Crippen molar-refractivity contribution in [1.82, 2.24) is 4.90 Å². The van der Waals surface area contributed by atoms with E-state index in [9.17, 15) is 9.90 Å². The fourth-order valence-corrected chi connectivity index (χ4v) is 3.47. The molecule has 0 aliphatic carbocycles. The third-order valence-corrected chi connectivity index (χ3v) is 4.29. The van der Waals surface area contributed by atoms with E-state index >= 15 is 0 Å². The summed E-state index contributed by atoms with van der Waals surface area (Å²) in [6, 6.07) is 3.63. The number of anilines is 1. The van der Waals surface area contributed by atoms with Gasteiger partial charge in [-0.15, -0.1) is 11.3 Å². The molecule has 0 aromatic carbocycles. The van der Waals surface area contributed by atoms with Crippen LogP contribution in [0.3, 0.4) is 0 Å². The van der Waals surface area contributed by atoms with Gasteiger partial charge in [-0.2, -0.15) is 5.26 Å². The van der Waals surface area contributed by atoms with E-state index in [4.69, 9.17) is 5.26 Å². The highest BCUT2D eigenvalue weighted by molar-refractivity contribution is 7.14. The molecule has 1 atom stereocenters. The molecule has 1 aliphatic heterocycles. The van der Waals surface area contributed by atoms with Crippen molar-refractivity contribution in [3.8, 4) is 6.07 Å². The van der Waals surface area contributed by atoms with E-state index in [1.165, 1.54) is 11.3 Å². The van der Waals surface area contributed by atoms with Crippen LogP contribution >= 0.6 is 11.3 Å². The molecule has 1 fully saturated rings. The zero-order valence-corrected chi connectivity index (χ0v) is 12.8. The Bertz CT molecular complexity index is 541. The van der Waals surface area contributed by atoms with Gasteiger partial charge in [-0.05, 0) is 38.8 Å². The Morgan fingerprint density at radius 1 is 1.65 bits per heavy atom. The standard InChI is InChI=1S/C14H19N3O2S/c1-14(2,19)9-16(3)11-4-6-17(12(11)18)13-10(8-15)5-7-20-13/h5,7,11,19H,4,6,9H2,1-3H3. The SMILES string of the molecule is CN(CC(C)(C)O)C1CCN(c2sccc2C#N)C1=O. The molecule has 108 valence electrons. The largest absolute Gasteiger partial charge is 0.389 e. The fourth-order valence-electron chi connectivity index (χ4n) is 2.59. The molecule has 1 aliphatic rings. The summed E-state index contributed by atoms with van der Waals surface area (Å²) in [5.41, 5.74) is -0.280. The van der Waals surface area contributed by atoms with Gasteiger partial charge in [0.25, 0.3) is 0 Å². The summed E-state index contributed by atoms with van der Waals surface area (Å²) >= 11 is 1.42. The molecule has 1 aromatic rings. The summed E-state index contributed by atoms with van der Waals surface area (Å²) in [4.78, 5) is 16.1. The number of likely N-dealkylation sites (N-methyl/N-ethyl adjacent to an activating group) is 1. The Morgan fingerprint density at radius 2 is 2.35 bits per heavy atom. The van der Waals surface area contributed by atoms with Gasteiger partial charge in [-0.1, -0.05) is 0 Å². The number of rotatable bonds is 4. The molecular formula is C14H19N3O2S. The summed E-state index contributed by atoms with van der Waals surface area (Å²) in [5, 5.41) is 21.5. The first-order valence-electron chi connectivity index (χ1n) is 6.55. The molecule has 5 nitrogen and oxygen atoms in total. The Hall–Kier alpha value is -1.42. The molecule has 20 heavy (non-hydrogen) atoms. The first-order chi connectivity index (χ1) is 9.33. The van der Waals surface area contributed by atoms with Gasteiger partial charge in [0.2, 0.25) is 5.91 Å². The number of hydrogen-bond donors (Lipinski definition) is 1. The number of carbonyl (C=O) groups excluding carboxylic acids is 1. The van der Waals surface area contributed by atoms with E-state index in [1.807, 2.05) is 17.3 Å². The molecule has 1 amide bonds. The van der Waals surface area contributed by atoms with Crippen molar-refractivity contribution in [2.75, 3.05) is 25.0 Å². The Morgan fingerprint density at radius 3 is 2.95 bits per heavy atom. The molecule has 0 radical (unpaired) electrons. The zero-order chi connectivity index (χ0) is 14.9. The predicted molar refractivity (Wildman–Crippen MR) is 78.7 cm³/mol. The lowest BCUT2D eigenvalue weighted by atomic mass is 10.1. The number of aliphatic hydroxyl groups is 1. The number of carbonyl (C=O) groups is 1. The van der Waals surface area contributed by atoms with Crippen molar-refractivity contribution in [3.05, 3.63) is 17.0 Å². The maximum atomic E-state index is 12.5. The van der Waals surface area contributed by atoms with Gasteiger partial charge in [0.1, 0.15) is 11.1 Å². The van der Waals surface area contributed by atoms with Crippen molar-refractivity contribution in [2.24, 2.45) is 0 Å². The van der Waals surface area contributed by atoms with E-state index < -0.39 is 5.60 Å². The zero-order valence-electron chi connectivity index (χ0n) is 12.0. The lowest BCUT2D eigenvalue weighted by Crippen LogP contribution is -2.45. The van der Waals surface area contributed by atoms with E-state index in [1.54, 1.807) is 24.8 Å². The first-order valence-corrected chi connectivity index (χ1v) is 7.43. The molecular weight excluding hydrogens is 274 g/mol. The number of nitriles is 1. The van der Waals surface area contributed by atoms with Gasteiger partial charge in [-0.3, -0.25) is 9.69 Å². The summed E-state index contributed by atoms with van der Waals surface area (Å²) in [5.74, 6) is 0.00991. The van der Waals surface area contributed by atoms with Crippen molar-refractivity contribution >= 4 is 22.2 Å². The maximum absolute atomic E-state index is 12.5. The van der Waals surface area contributed by atoms with Gasteiger partial charge in [0.15, 0.2) is 0 Å². The van der Waals surface area contributed by atoms with E-state index in [-0.39, 0.29) is 11.9 Å². The normalized spacial score (nSPS) is 19.7. The topological polar surface area (TPSA) is 67.6 Å². The lowest BCUT2D eigenvalue weighted by molar-refractivity contribution is -0.122. The third kappa shape index (κ3) is 3.01. The van der Waals surface area contributed by atoms with Crippen LogP contribution in [0.2, 0.25) is 0 Å². The van der Waals surface area contributed by atoms with Crippen LogP contribution in [0.25, 0.3) is 0 Å². The number of amides is 1. The Labute approximate surface area is 123 Å². The van der Waals surface area contributed by atoms with Crippen molar-refractivity contribution in [2.45, 2.75) is 31.9 Å². The third-order valence-electron chi connectivity index (χ3n) is 3.36. The average molecular weight is 293 g/mol. The van der Waals surface area contributed by atoms with Crippen LogP contribution in [0.15, 0.2) is 11.4 Å². The minimum Gasteiger partial charge on any atom is -0.389 e. The van der Waals surface area contributed by atoms with Crippen molar-refractivity contribution in [1.29, 1.82) is 5.26 Å². The van der Waals surface area contributed by atoms with Crippen molar-refractivity contribution in [3.63, 3.8) is 0 Å². The Kier molecular flexibility index (Phi) is 4.14. The minimum atomic E-state index is -0.830. The molecule has 0 bridgehead atoms. The number of nitrogens with zero attached hydrogens (tertiary/aromatic N) is 3. The van der Waals surface area contributed by atoms with E-state index in [0.29, 0.717) is 25.1 Å². The van der Waals surface area contributed by atoms with Gasteiger partial charge in [-0.25, -0.2) is 0 Å². The van der Waals surface area contributed by atoms with E-state index in [2.05, 4.69) is 6.07 Å². The van der Waals surface area contributed by atoms with Gasteiger partial charge < -0.3 is 10.0 Å². The van der Waals surface area contributed by atoms with Crippen LogP contribution < -0.4 is 4.90 Å². The molecule has 1 unspecified atom stereocenters. The second kappa shape index (κ2) is 5.52. The highest BCUT2D eigenvalue weighted by Crippen LogP contribution is 2.32. The van der Waals surface area contributed by atoms with E-state index in [0.717, 1.165) is 5.00 Å². The van der Waals surface area contributed by atoms with Gasteiger partial charge >= 0.3 is 0 Å². The number of hydrogen-bond acceptors (Lipinski definition) is 5. The monoisotopic (exact) mass is 293 g/mol. The maximum Gasteiger partial charge on any atom is 0.245 e. The van der Waals surface area contributed by atoms with Crippen LogP contribution in [0.5, 0.6) is 0 Å². The quantitative estimate of drug-likeness (QED) is 0.912. The molecule has 6 heteroatoms. The molecule has 2 heterocycles. The van der Waals surface area contributed by atoms with Crippen LogP contribution in [0.4, 0.5) is 5.00 Å². The molecule has 1 aromatic heterocycles. The Balaban J connectivity index is 2.12. The molecule has 0 spiro atoms. The molecule has 2 rings (SSSR count). The second-order valence-corrected chi connectivity index (χ2v) is 6.67. The minimum absolute atomic E-state index is 0.00991. The second-order valence-electron chi connectivity index (χ2n) is 5.77. The van der Waals surface area contributed by atoms with Gasteiger partial charge in [0.05, 0.1) is 17.2 Å². The lowest BCUT2D eigenvalue weighted by Gasteiger charge is -2.29. The fraction of sp³-hybridized carbons (Fsp3) is 0.571. The molecule has 0 saturated carbocycles. The average Bonchev–Trinajstić information content (AvgIpc) is 2.92. The summed E-state index contributed by atoms with van der Waals surface area (Å²) in [7, 11) is 1.85. The molecule has 1 saturated heterocycles. The van der Waals surface area contributed by atoms with Crippen LogP contribution in [-0.4, -0.2) is 47.7 Å². The van der Waals surface area contributed by atoms with Crippen LogP contribution in [0.1, 0.15) is 25.8 Å². The van der Waals surface area contributed by atoms with Crippen molar-refractivity contribution < 1.29 is 9.90 Å². The predicted octanol–water partition coefficient (Wildman–Crippen LogP) is 1.43. The van der Waals surface area contributed by atoms with Gasteiger partial charge in [0, 0.05) is 13.1 Å². The summed E-state index contributed by atoms with van der Waals surface area (Å²) in [6.45, 7) is 4.52.